The Labute approximate surface area is 79.6 Å². The zero-order chi connectivity index (χ0) is 8.81. The van der Waals surface area contributed by atoms with E-state index in [0.717, 1.165) is 12.1 Å². The van der Waals surface area contributed by atoms with Crippen molar-refractivity contribution in [2.45, 2.75) is 6.42 Å². The SMILES string of the molecule is O=[C]([Al])NCCc1ccccn1. The summed E-state index contributed by atoms with van der Waals surface area (Å²) in [5, 5.41) is 2.68. The Morgan fingerprint density at radius 2 is 2.42 bits per heavy atom. The normalized spacial score (nSPS) is 9.33. The highest BCUT2D eigenvalue weighted by Gasteiger charge is 1.92. The lowest BCUT2D eigenvalue weighted by Gasteiger charge is -2.01. The number of pyridine rings is 1. The van der Waals surface area contributed by atoms with Gasteiger partial charge in [-0.05, 0) is 12.1 Å². The summed E-state index contributed by atoms with van der Waals surface area (Å²) in [5.74, 6) is 0. The van der Waals surface area contributed by atoms with Crippen LogP contribution in [0, 0.1) is 0 Å². The van der Waals surface area contributed by atoms with E-state index in [9.17, 15) is 4.79 Å². The Morgan fingerprint density at radius 1 is 1.58 bits per heavy atom. The Balaban J connectivity index is 2.29. The van der Waals surface area contributed by atoms with Crippen LogP contribution in [0.2, 0.25) is 0 Å². The van der Waals surface area contributed by atoms with Crippen LogP contribution in [-0.2, 0) is 6.42 Å². The summed E-state index contributed by atoms with van der Waals surface area (Å²) in [7, 11) is 0. The van der Waals surface area contributed by atoms with Crippen molar-refractivity contribution in [3.63, 3.8) is 0 Å². The molecule has 0 unspecified atom stereocenters. The summed E-state index contributed by atoms with van der Waals surface area (Å²) in [4.78, 5) is 14.6. The molecule has 1 amide bonds. The molecule has 0 fully saturated rings. The molecule has 0 spiro atoms. The van der Waals surface area contributed by atoms with E-state index in [1.165, 1.54) is 0 Å². The first-order chi connectivity index (χ1) is 5.79. The van der Waals surface area contributed by atoms with Crippen molar-refractivity contribution >= 4 is 21.1 Å². The maximum atomic E-state index is 10.5. The van der Waals surface area contributed by atoms with Gasteiger partial charge in [-0.1, -0.05) is 6.07 Å². The van der Waals surface area contributed by atoms with Gasteiger partial charge in [0.2, 0.25) is 0 Å². The molecule has 1 aromatic heterocycles. The van der Waals surface area contributed by atoms with E-state index >= 15 is 0 Å². The number of amides is 1. The highest BCUT2D eigenvalue weighted by atomic mass is 27.0. The molecule has 1 aromatic rings. The molecule has 0 bridgehead atoms. The average Bonchev–Trinajstić information content (AvgIpc) is 2.05. The van der Waals surface area contributed by atoms with Crippen LogP contribution in [0.3, 0.4) is 0 Å². The zero-order valence-corrected chi connectivity index (χ0v) is 7.81. The average molecular weight is 176 g/mol. The summed E-state index contributed by atoms with van der Waals surface area (Å²) in [6.45, 7) is 0.638. The van der Waals surface area contributed by atoms with Gasteiger partial charge in [-0.25, -0.2) is 0 Å². The molecule has 1 N–H and O–H groups in total. The quantitative estimate of drug-likeness (QED) is 0.681. The summed E-state index contributed by atoms with van der Waals surface area (Å²) < 4.78 is -0.0778. The van der Waals surface area contributed by atoms with Crippen molar-refractivity contribution in [1.29, 1.82) is 0 Å². The summed E-state index contributed by atoms with van der Waals surface area (Å²) in [5.41, 5.74) is 0.997. The van der Waals surface area contributed by atoms with E-state index in [2.05, 4.69) is 26.6 Å². The van der Waals surface area contributed by atoms with Crippen molar-refractivity contribution < 1.29 is 4.79 Å². The fraction of sp³-hybridized carbons (Fsp3) is 0.250. The molecule has 3 nitrogen and oxygen atoms in total. The van der Waals surface area contributed by atoms with Gasteiger partial charge >= 0.3 is 0 Å². The third kappa shape index (κ3) is 3.52. The minimum atomic E-state index is -0.0778. The fourth-order valence-electron chi connectivity index (χ4n) is 0.860. The van der Waals surface area contributed by atoms with Crippen LogP contribution < -0.4 is 5.32 Å². The van der Waals surface area contributed by atoms with Gasteiger partial charge in [-0.3, -0.25) is 4.98 Å². The molecule has 1 rings (SSSR count). The summed E-state index contributed by atoms with van der Waals surface area (Å²) >= 11 is 2.07. The zero-order valence-electron chi connectivity index (χ0n) is 6.66. The van der Waals surface area contributed by atoms with Crippen molar-refractivity contribution in [3.05, 3.63) is 30.1 Å². The summed E-state index contributed by atoms with van der Waals surface area (Å²) in [6, 6.07) is 5.75. The molecule has 1 heterocycles. The molecule has 0 aliphatic heterocycles. The monoisotopic (exact) mass is 176 g/mol. The van der Waals surface area contributed by atoms with Gasteiger partial charge in [0, 0.05) is 24.9 Å². The second-order valence-electron chi connectivity index (χ2n) is 2.36. The Kier molecular flexibility index (Phi) is 3.79. The molecule has 0 aliphatic carbocycles. The van der Waals surface area contributed by atoms with E-state index in [0.29, 0.717) is 6.54 Å². The van der Waals surface area contributed by atoms with E-state index in [1.54, 1.807) is 6.20 Å². The molecule has 60 valence electrons. The molecule has 0 aromatic carbocycles. The van der Waals surface area contributed by atoms with E-state index < -0.39 is 0 Å². The Morgan fingerprint density at radius 3 is 3.00 bits per heavy atom. The standard InChI is InChI=1S/C8H9N2O.Al/c11-7-9-6-4-8-3-1-2-5-10-8;/h1-3,5H,4,6H2,(H,9,11);. The second-order valence-corrected chi connectivity index (χ2v) is 2.89. The van der Waals surface area contributed by atoms with Gasteiger partial charge in [0.25, 0.3) is 16.3 Å². The lowest BCUT2D eigenvalue weighted by atomic mass is 10.3. The number of nitrogens with one attached hydrogen (secondary N) is 1. The fourth-order valence-corrected chi connectivity index (χ4v) is 1.00. The first-order valence-corrected chi connectivity index (χ1v) is 4.30. The van der Waals surface area contributed by atoms with Crippen molar-refractivity contribution in [1.82, 2.24) is 10.3 Å². The number of aromatic nitrogens is 1. The van der Waals surface area contributed by atoms with Crippen LogP contribution in [0.15, 0.2) is 24.4 Å². The highest BCUT2D eigenvalue weighted by Crippen LogP contribution is 1.92. The van der Waals surface area contributed by atoms with Crippen LogP contribution in [-0.4, -0.2) is 32.6 Å². The molecule has 0 saturated heterocycles. The largest absolute Gasteiger partial charge is 0.374 e. The highest BCUT2D eigenvalue weighted by molar-refractivity contribution is 6.57. The molecular weight excluding hydrogens is 167 g/mol. The van der Waals surface area contributed by atoms with Gasteiger partial charge in [0.05, 0.1) is 4.77 Å². The molecule has 0 atom stereocenters. The lowest BCUT2D eigenvalue weighted by molar-refractivity contribution is 0.259. The first-order valence-electron chi connectivity index (χ1n) is 3.72. The van der Waals surface area contributed by atoms with Gasteiger partial charge in [0.1, 0.15) is 0 Å². The van der Waals surface area contributed by atoms with Crippen LogP contribution >= 0.6 is 0 Å². The second kappa shape index (κ2) is 4.92. The van der Waals surface area contributed by atoms with Crippen LogP contribution in [0.25, 0.3) is 0 Å². The molecule has 0 saturated carbocycles. The summed E-state index contributed by atoms with van der Waals surface area (Å²) in [6.07, 6.45) is 2.53. The van der Waals surface area contributed by atoms with Gasteiger partial charge < -0.3 is 10.1 Å². The van der Waals surface area contributed by atoms with E-state index in [4.69, 9.17) is 0 Å². The van der Waals surface area contributed by atoms with Crippen LogP contribution in [0.1, 0.15) is 5.69 Å². The smallest absolute Gasteiger partial charge is 0.281 e. The number of carbonyl (C=O) groups is 1. The third-order valence-corrected chi connectivity index (χ3v) is 1.61. The van der Waals surface area contributed by atoms with Crippen molar-refractivity contribution in [3.8, 4) is 0 Å². The molecule has 4 heteroatoms. The maximum absolute atomic E-state index is 10.5. The Bertz CT molecular complexity index is 250. The first kappa shape index (κ1) is 9.24. The topological polar surface area (TPSA) is 42.0 Å². The number of rotatable bonds is 3. The minimum absolute atomic E-state index is 0.0778. The number of nitrogens with zero attached hydrogens (tertiary/aromatic N) is 1. The molecule has 0 aliphatic rings. The van der Waals surface area contributed by atoms with Gasteiger partial charge in [-0.2, -0.15) is 0 Å². The van der Waals surface area contributed by atoms with Crippen LogP contribution in [0.5, 0.6) is 0 Å². The molecule has 2 radical (unpaired) electrons. The maximum Gasteiger partial charge on any atom is 0.281 e. The predicted octanol–water partition coefficient (Wildman–Crippen LogP) is 0.502. The number of hydrogen-bond acceptors (Lipinski definition) is 2. The van der Waals surface area contributed by atoms with Gasteiger partial charge in [0.15, 0.2) is 0 Å². The minimum Gasteiger partial charge on any atom is -0.374 e. The van der Waals surface area contributed by atoms with Crippen molar-refractivity contribution in [2.24, 2.45) is 0 Å². The van der Waals surface area contributed by atoms with E-state index in [1.807, 2.05) is 18.2 Å². The lowest BCUT2D eigenvalue weighted by Crippen LogP contribution is -2.24. The van der Waals surface area contributed by atoms with Gasteiger partial charge in [-0.15, -0.1) is 0 Å². The van der Waals surface area contributed by atoms with Crippen LogP contribution in [0.4, 0.5) is 4.79 Å². The van der Waals surface area contributed by atoms with Crippen molar-refractivity contribution in [2.75, 3.05) is 6.54 Å². The third-order valence-electron chi connectivity index (χ3n) is 1.41. The predicted molar refractivity (Wildman–Crippen MR) is 47.1 cm³/mol. The number of hydrogen-bond donors (Lipinski definition) is 1. The number of carbonyl (C=O) groups excluding carboxylic acids is 1. The molecule has 12 heavy (non-hydrogen) atoms. The van der Waals surface area contributed by atoms with E-state index in [-0.39, 0.29) is 4.77 Å². The Hall–Kier alpha value is -0.848. The molecular formula is C8H9AlN2O.